The molecule has 0 saturated heterocycles. The molecule has 1 aromatic carbocycles. The van der Waals surface area contributed by atoms with Gasteiger partial charge in [0.25, 0.3) is 5.69 Å². The molecule has 0 amide bonds. The minimum Gasteiger partial charge on any atom is -0.306 e. The van der Waals surface area contributed by atoms with E-state index in [1.54, 1.807) is 18.2 Å². The van der Waals surface area contributed by atoms with Crippen LogP contribution in [-0.2, 0) is 6.54 Å². The molecular weight excluding hydrogens is 276 g/mol. The van der Waals surface area contributed by atoms with E-state index < -0.39 is 4.92 Å². The van der Waals surface area contributed by atoms with Crippen molar-refractivity contribution < 1.29 is 4.92 Å². The van der Waals surface area contributed by atoms with E-state index >= 15 is 0 Å². The Hall–Kier alpha value is -1.86. The summed E-state index contributed by atoms with van der Waals surface area (Å²) in [5.74, 6) is 0. The monoisotopic (exact) mass is 292 g/mol. The SMILES string of the molecule is CC(C)(C)NCc1nnc(-c2ccccc2[N+](=O)[O-])s1. The molecule has 7 heteroatoms. The Kier molecular flexibility index (Phi) is 4.10. The summed E-state index contributed by atoms with van der Waals surface area (Å²) in [7, 11) is 0. The molecule has 0 fully saturated rings. The number of hydrogen-bond donors (Lipinski definition) is 1. The van der Waals surface area contributed by atoms with Crippen molar-refractivity contribution >= 4 is 17.0 Å². The van der Waals surface area contributed by atoms with Gasteiger partial charge in [0.2, 0.25) is 0 Å². The molecule has 2 rings (SSSR count). The van der Waals surface area contributed by atoms with Crippen LogP contribution in [0, 0.1) is 10.1 Å². The number of nitrogens with zero attached hydrogens (tertiary/aromatic N) is 3. The van der Waals surface area contributed by atoms with Crippen molar-refractivity contribution in [3.05, 3.63) is 39.4 Å². The molecule has 20 heavy (non-hydrogen) atoms. The summed E-state index contributed by atoms with van der Waals surface area (Å²) in [6, 6.07) is 6.57. The molecule has 0 aliphatic heterocycles. The maximum atomic E-state index is 11.0. The van der Waals surface area contributed by atoms with E-state index in [9.17, 15) is 10.1 Å². The molecular formula is C13H16N4O2S. The number of hydrogen-bond acceptors (Lipinski definition) is 6. The maximum absolute atomic E-state index is 11.0. The number of nitro benzene ring substituents is 1. The lowest BCUT2D eigenvalue weighted by molar-refractivity contribution is -0.384. The van der Waals surface area contributed by atoms with Crippen LogP contribution in [0.25, 0.3) is 10.6 Å². The van der Waals surface area contributed by atoms with Gasteiger partial charge in [0.1, 0.15) is 5.01 Å². The first kappa shape index (κ1) is 14.5. The Morgan fingerprint density at radius 2 is 2.00 bits per heavy atom. The largest absolute Gasteiger partial charge is 0.306 e. The van der Waals surface area contributed by atoms with E-state index in [0.29, 0.717) is 17.1 Å². The Morgan fingerprint density at radius 3 is 2.65 bits per heavy atom. The smallest absolute Gasteiger partial charge is 0.279 e. The Balaban J connectivity index is 2.23. The molecule has 0 atom stereocenters. The number of nitro groups is 1. The van der Waals surface area contributed by atoms with Gasteiger partial charge in [0, 0.05) is 11.6 Å². The number of nitrogens with one attached hydrogen (secondary N) is 1. The minimum absolute atomic E-state index is 0.00935. The van der Waals surface area contributed by atoms with E-state index in [2.05, 4.69) is 36.3 Å². The highest BCUT2D eigenvalue weighted by Crippen LogP contribution is 2.31. The van der Waals surface area contributed by atoms with E-state index in [1.807, 2.05) is 0 Å². The Labute approximate surface area is 121 Å². The fourth-order valence-corrected chi connectivity index (χ4v) is 2.40. The third-order valence-electron chi connectivity index (χ3n) is 2.57. The van der Waals surface area contributed by atoms with Gasteiger partial charge in [0.15, 0.2) is 5.01 Å². The van der Waals surface area contributed by atoms with Crippen LogP contribution in [-0.4, -0.2) is 20.7 Å². The fourth-order valence-electron chi connectivity index (χ4n) is 1.59. The molecule has 0 aliphatic rings. The van der Waals surface area contributed by atoms with Crippen LogP contribution in [0.5, 0.6) is 0 Å². The van der Waals surface area contributed by atoms with Crippen molar-refractivity contribution in [3.63, 3.8) is 0 Å². The second-order valence-corrected chi connectivity index (χ2v) is 6.44. The third-order valence-corrected chi connectivity index (χ3v) is 3.52. The molecule has 0 aliphatic carbocycles. The fraction of sp³-hybridized carbons (Fsp3) is 0.385. The van der Waals surface area contributed by atoms with Gasteiger partial charge in [0.05, 0.1) is 17.0 Å². The molecule has 0 radical (unpaired) electrons. The summed E-state index contributed by atoms with van der Waals surface area (Å²) < 4.78 is 0. The van der Waals surface area contributed by atoms with Crippen LogP contribution >= 0.6 is 11.3 Å². The van der Waals surface area contributed by atoms with Crippen molar-refractivity contribution in [3.8, 4) is 10.6 Å². The van der Waals surface area contributed by atoms with Crippen molar-refractivity contribution in [1.29, 1.82) is 0 Å². The normalized spacial score (nSPS) is 11.6. The van der Waals surface area contributed by atoms with Crippen LogP contribution in [0.4, 0.5) is 5.69 Å². The van der Waals surface area contributed by atoms with E-state index in [-0.39, 0.29) is 11.2 Å². The molecule has 2 aromatic rings. The molecule has 0 spiro atoms. The summed E-state index contributed by atoms with van der Waals surface area (Å²) in [6.45, 7) is 6.80. The summed E-state index contributed by atoms with van der Waals surface area (Å²) >= 11 is 1.37. The molecule has 0 bridgehead atoms. The first-order valence-corrected chi connectivity index (χ1v) is 7.00. The van der Waals surface area contributed by atoms with Gasteiger partial charge in [-0.15, -0.1) is 10.2 Å². The predicted octanol–water partition coefficient (Wildman–Crippen LogP) is 3.00. The lowest BCUT2D eigenvalue weighted by atomic mass is 10.1. The highest BCUT2D eigenvalue weighted by Gasteiger charge is 2.18. The Morgan fingerprint density at radius 1 is 1.30 bits per heavy atom. The van der Waals surface area contributed by atoms with Crippen LogP contribution in [0.15, 0.2) is 24.3 Å². The zero-order chi connectivity index (χ0) is 14.8. The standard InChI is InChI=1S/C13H16N4O2S/c1-13(2,3)14-8-11-15-16-12(20-11)9-6-4-5-7-10(9)17(18)19/h4-7,14H,8H2,1-3H3. The van der Waals surface area contributed by atoms with E-state index in [1.165, 1.54) is 17.4 Å². The second kappa shape index (κ2) is 5.64. The number of aromatic nitrogens is 2. The average molecular weight is 292 g/mol. The van der Waals surface area contributed by atoms with Gasteiger partial charge in [-0.05, 0) is 26.8 Å². The van der Waals surface area contributed by atoms with Crippen molar-refractivity contribution in [2.24, 2.45) is 0 Å². The molecule has 1 N–H and O–H groups in total. The quantitative estimate of drug-likeness (QED) is 0.692. The minimum atomic E-state index is -0.399. The zero-order valence-corrected chi connectivity index (χ0v) is 12.4. The van der Waals surface area contributed by atoms with Gasteiger partial charge in [-0.1, -0.05) is 23.5 Å². The number of rotatable bonds is 4. The highest BCUT2D eigenvalue weighted by molar-refractivity contribution is 7.14. The Bertz CT molecular complexity index is 619. The van der Waals surface area contributed by atoms with Crippen molar-refractivity contribution in [2.45, 2.75) is 32.9 Å². The van der Waals surface area contributed by atoms with Crippen LogP contribution in [0.2, 0.25) is 0 Å². The second-order valence-electron chi connectivity index (χ2n) is 5.38. The summed E-state index contributed by atoms with van der Waals surface area (Å²) in [4.78, 5) is 10.6. The molecule has 1 heterocycles. The summed E-state index contributed by atoms with van der Waals surface area (Å²) in [6.07, 6.45) is 0. The van der Waals surface area contributed by atoms with Gasteiger partial charge in [-0.25, -0.2) is 0 Å². The molecule has 0 unspecified atom stereocenters. The highest BCUT2D eigenvalue weighted by atomic mass is 32.1. The van der Waals surface area contributed by atoms with E-state index in [4.69, 9.17) is 0 Å². The van der Waals surface area contributed by atoms with Gasteiger partial charge in [-0.2, -0.15) is 0 Å². The molecule has 106 valence electrons. The average Bonchev–Trinajstić information content (AvgIpc) is 2.84. The number of para-hydroxylation sites is 1. The van der Waals surface area contributed by atoms with Gasteiger partial charge < -0.3 is 5.32 Å². The maximum Gasteiger partial charge on any atom is 0.279 e. The lowest BCUT2D eigenvalue weighted by Gasteiger charge is -2.19. The molecule has 6 nitrogen and oxygen atoms in total. The van der Waals surface area contributed by atoms with Crippen LogP contribution in [0.1, 0.15) is 25.8 Å². The lowest BCUT2D eigenvalue weighted by Crippen LogP contribution is -2.35. The predicted molar refractivity (Wildman–Crippen MR) is 78.6 cm³/mol. The van der Waals surface area contributed by atoms with Gasteiger partial charge in [-0.3, -0.25) is 10.1 Å². The topological polar surface area (TPSA) is 81.0 Å². The van der Waals surface area contributed by atoms with Crippen molar-refractivity contribution in [2.75, 3.05) is 0 Å². The first-order chi connectivity index (χ1) is 9.37. The van der Waals surface area contributed by atoms with Crippen LogP contribution in [0.3, 0.4) is 0 Å². The van der Waals surface area contributed by atoms with Gasteiger partial charge >= 0.3 is 0 Å². The van der Waals surface area contributed by atoms with Crippen molar-refractivity contribution in [1.82, 2.24) is 15.5 Å². The van der Waals surface area contributed by atoms with E-state index in [0.717, 1.165) is 5.01 Å². The third kappa shape index (κ3) is 3.58. The molecule has 0 saturated carbocycles. The number of benzene rings is 1. The summed E-state index contributed by atoms with van der Waals surface area (Å²) in [5, 5.41) is 23.8. The molecule has 1 aromatic heterocycles. The summed E-state index contributed by atoms with van der Waals surface area (Å²) in [5.41, 5.74) is 0.556. The zero-order valence-electron chi connectivity index (χ0n) is 11.6. The first-order valence-electron chi connectivity index (χ1n) is 6.18. The van der Waals surface area contributed by atoms with Crippen LogP contribution < -0.4 is 5.32 Å².